The molecule has 106 valence electrons. The van der Waals surface area contributed by atoms with E-state index >= 15 is 0 Å². The molecule has 2 N–H and O–H groups in total. The number of aromatic nitrogens is 2. The summed E-state index contributed by atoms with van der Waals surface area (Å²) >= 11 is 0. The van der Waals surface area contributed by atoms with E-state index in [-0.39, 0.29) is 11.9 Å². The van der Waals surface area contributed by atoms with Crippen molar-refractivity contribution < 1.29 is 4.79 Å². The Morgan fingerprint density at radius 1 is 1.40 bits per heavy atom. The summed E-state index contributed by atoms with van der Waals surface area (Å²) in [5, 5.41) is 10.3. The molecule has 0 aliphatic rings. The van der Waals surface area contributed by atoms with Crippen molar-refractivity contribution in [1.82, 2.24) is 15.1 Å². The standard InChI is InChI=1S/C15H20N4O/c1-10(16-3)12-6-5-7-13(8-12)17-15(20)14-9-19(4)18-11(14)2/h5-10,16H,1-4H3,(H,17,20). The van der Waals surface area contributed by atoms with Crippen molar-refractivity contribution in [2.24, 2.45) is 7.05 Å². The van der Waals surface area contributed by atoms with Gasteiger partial charge in [0, 0.05) is 25.0 Å². The molecule has 0 fully saturated rings. The monoisotopic (exact) mass is 272 g/mol. The van der Waals surface area contributed by atoms with E-state index in [2.05, 4.69) is 22.7 Å². The maximum atomic E-state index is 12.2. The van der Waals surface area contributed by atoms with Crippen LogP contribution in [0.1, 0.15) is 34.6 Å². The molecule has 0 aliphatic carbocycles. The molecule has 0 saturated carbocycles. The van der Waals surface area contributed by atoms with Gasteiger partial charge in [-0.25, -0.2) is 0 Å². The van der Waals surface area contributed by atoms with Crippen LogP contribution in [0.25, 0.3) is 0 Å². The van der Waals surface area contributed by atoms with Gasteiger partial charge in [0.2, 0.25) is 0 Å². The Morgan fingerprint density at radius 3 is 2.75 bits per heavy atom. The Hall–Kier alpha value is -2.14. The predicted octanol–water partition coefficient (Wildman–Crippen LogP) is 2.26. The van der Waals surface area contributed by atoms with Crippen molar-refractivity contribution in [3.63, 3.8) is 0 Å². The van der Waals surface area contributed by atoms with Crippen molar-refractivity contribution >= 4 is 11.6 Å². The van der Waals surface area contributed by atoms with Gasteiger partial charge >= 0.3 is 0 Å². The number of hydrogen-bond acceptors (Lipinski definition) is 3. The first-order valence-corrected chi connectivity index (χ1v) is 6.60. The van der Waals surface area contributed by atoms with Crippen LogP contribution in [0, 0.1) is 6.92 Å². The average molecular weight is 272 g/mol. The molecule has 1 atom stereocenters. The molecule has 0 bridgehead atoms. The summed E-state index contributed by atoms with van der Waals surface area (Å²) in [7, 11) is 3.72. The third-order valence-electron chi connectivity index (χ3n) is 3.34. The molecule has 5 heteroatoms. The maximum Gasteiger partial charge on any atom is 0.259 e. The van der Waals surface area contributed by atoms with Gasteiger partial charge in [0.25, 0.3) is 5.91 Å². The van der Waals surface area contributed by atoms with Gasteiger partial charge in [-0.3, -0.25) is 9.48 Å². The zero-order valence-electron chi connectivity index (χ0n) is 12.3. The molecule has 20 heavy (non-hydrogen) atoms. The summed E-state index contributed by atoms with van der Waals surface area (Å²) in [6.07, 6.45) is 1.73. The molecular weight excluding hydrogens is 252 g/mol. The molecule has 5 nitrogen and oxygen atoms in total. The van der Waals surface area contributed by atoms with Crippen molar-refractivity contribution in [3.05, 3.63) is 47.3 Å². The minimum atomic E-state index is -0.134. The quantitative estimate of drug-likeness (QED) is 0.897. The fourth-order valence-electron chi connectivity index (χ4n) is 2.07. The second-order valence-corrected chi connectivity index (χ2v) is 4.89. The molecule has 1 aromatic heterocycles. The lowest BCUT2D eigenvalue weighted by atomic mass is 10.1. The summed E-state index contributed by atoms with van der Waals surface area (Å²) < 4.78 is 1.64. The van der Waals surface area contributed by atoms with Crippen LogP contribution in [0.15, 0.2) is 30.5 Å². The molecular formula is C15H20N4O. The number of benzene rings is 1. The lowest BCUT2D eigenvalue weighted by molar-refractivity contribution is 0.102. The average Bonchev–Trinajstić information content (AvgIpc) is 2.77. The van der Waals surface area contributed by atoms with E-state index in [0.29, 0.717) is 5.56 Å². The topological polar surface area (TPSA) is 58.9 Å². The molecule has 0 saturated heterocycles. The molecule has 0 spiro atoms. The van der Waals surface area contributed by atoms with E-state index in [0.717, 1.165) is 16.9 Å². The van der Waals surface area contributed by atoms with Crippen LogP contribution in [0.2, 0.25) is 0 Å². The second kappa shape index (κ2) is 5.88. The van der Waals surface area contributed by atoms with E-state index in [9.17, 15) is 4.79 Å². The van der Waals surface area contributed by atoms with E-state index in [1.54, 1.807) is 17.9 Å². The summed E-state index contributed by atoms with van der Waals surface area (Å²) in [5.74, 6) is -0.134. The summed E-state index contributed by atoms with van der Waals surface area (Å²) in [6, 6.07) is 8.08. The number of nitrogens with one attached hydrogen (secondary N) is 2. The fourth-order valence-corrected chi connectivity index (χ4v) is 2.07. The molecule has 2 aromatic rings. The minimum absolute atomic E-state index is 0.134. The number of carbonyl (C=O) groups is 1. The first-order chi connectivity index (χ1) is 9.51. The zero-order valence-corrected chi connectivity index (χ0v) is 12.3. The molecule has 1 aromatic carbocycles. The second-order valence-electron chi connectivity index (χ2n) is 4.89. The summed E-state index contributed by atoms with van der Waals surface area (Å²) in [5.41, 5.74) is 3.25. The number of aryl methyl sites for hydroxylation is 2. The Labute approximate surface area is 119 Å². The van der Waals surface area contributed by atoms with E-state index in [4.69, 9.17) is 0 Å². The normalized spacial score (nSPS) is 12.2. The van der Waals surface area contributed by atoms with Gasteiger partial charge < -0.3 is 10.6 Å². The fraction of sp³-hybridized carbons (Fsp3) is 0.333. The lowest BCUT2D eigenvalue weighted by Crippen LogP contribution is -2.15. The molecule has 1 unspecified atom stereocenters. The Bertz CT molecular complexity index is 618. The molecule has 0 aliphatic heterocycles. The van der Waals surface area contributed by atoms with Crippen LogP contribution < -0.4 is 10.6 Å². The summed E-state index contributed by atoms with van der Waals surface area (Å²) in [4.78, 5) is 12.2. The smallest absolute Gasteiger partial charge is 0.259 e. The van der Waals surface area contributed by atoms with Crippen molar-refractivity contribution in [3.8, 4) is 0 Å². The van der Waals surface area contributed by atoms with Crippen LogP contribution in [0.5, 0.6) is 0 Å². The largest absolute Gasteiger partial charge is 0.322 e. The first kappa shape index (κ1) is 14.3. The van der Waals surface area contributed by atoms with E-state index < -0.39 is 0 Å². The third-order valence-corrected chi connectivity index (χ3v) is 3.34. The highest BCUT2D eigenvalue weighted by atomic mass is 16.1. The minimum Gasteiger partial charge on any atom is -0.322 e. The van der Waals surface area contributed by atoms with Gasteiger partial charge in [-0.15, -0.1) is 0 Å². The van der Waals surface area contributed by atoms with Gasteiger partial charge in [0.1, 0.15) is 0 Å². The van der Waals surface area contributed by atoms with Crippen molar-refractivity contribution in [1.29, 1.82) is 0 Å². The van der Waals surface area contributed by atoms with Crippen molar-refractivity contribution in [2.75, 3.05) is 12.4 Å². The summed E-state index contributed by atoms with van der Waals surface area (Å²) in [6.45, 7) is 3.90. The SMILES string of the molecule is CNC(C)c1cccc(NC(=O)c2cn(C)nc2C)c1. The van der Waals surface area contributed by atoms with Gasteiger partial charge in [0.05, 0.1) is 11.3 Å². The number of rotatable bonds is 4. The van der Waals surface area contributed by atoms with Crippen LogP contribution in [0.3, 0.4) is 0 Å². The number of nitrogens with zero attached hydrogens (tertiary/aromatic N) is 2. The Balaban J connectivity index is 2.18. The zero-order chi connectivity index (χ0) is 14.7. The number of hydrogen-bond donors (Lipinski definition) is 2. The third kappa shape index (κ3) is 3.05. The van der Waals surface area contributed by atoms with Crippen LogP contribution >= 0.6 is 0 Å². The highest BCUT2D eigenvalue weighted by Gasteiger charge is 2.13. The van der Waals surface area contributed by atoms with Crippen LogP contribution in [-0.2, 0) is 7.05 Å². The predicted molar refractivity (Wildman–Crippen MR) is 79.8 cm³/mol. The Morgan fingerprint density at radius 2 is 2.15 bits per heavy atom. The highest BCUT2D eigenvalue weighted by molar-refractivity contribution is 6.04. The van der Waals surface area contributed by atoms with Gasteiger partial charge in [-0.2, -0.15) is 5.10 Å². The van der Waals surface area contributed by atoms with Crippen LogP contribution in [-0.4, -0.2) is 22.7 Å². The molecule has 0 radical (unpaired) electrons. The Kier molecular flexibility index (Phi) is 4.20. The number of carbonyl (C=O) groups excluding carboxylic acids is 1. The lowest BCUT2D eigenvalue weighted by Gasteiger charge is -2.12. The maximum absolute atomic E-state index is 12.2. The van der Waals surface area contributed by atoms with E-state index in [1.807, 2.05) is 38.2 Å². The molecule has 1 amide bonds. The first-order valence-electron chi connectivity index (χ1n) is 6.60. The van der Waals surface area contributed by atoms with Crippen molar-refractivity contribution in [2.45, 2.75) is 19.9 Å². The highest BCUT2D eigenvalue weighted by Crippen LogP contribution is 2.18. The molecule has 1 heterocycles. The molecule has 2 rings (SSSR count). The van der Waals surface area contributed by atoms with Crippen LogP contribution in [0.4, 0.5) is 5.69 Å². The number of anilines is 1. The van der Waals surface area contributed by atoms with Gasteiger partial charge in [-0.05, 0) is 38.6 Å². The van der Waals surface area contributed by atoms with E-state index in [1.165, 1.54) is 0 Å². The van der Waals surface area contributed by atoms with Gasteiger partial charge in [0.15, 0.2) is 0 Å². The van der Waals surface area contributed by atoms with Gasteiger partial charge in [-0.1, -0.05) is 12.1 Å². The number of amides is 1.